The van der Waals surface area contributed by atoms with Gasteiger partial charge in [-0.15, -0.1) is 0 Å². The third-order valence-electron chi connectivity index (χ3n) is 6.16. The molecule has 0 heterocycles. The Kier molecular flexibility index (Phi) is 8.13. The molecule has 166 valence electrons. The molecule has 2 atom stereocenters. The summed E-state index contributed by atoms with van der Waals surface area (Å²) >= 11 is 0. The van der Waals surface area contributed by atoms with Crippen molar-refractivity contribution in [2.45, 2.75) is 96.4 Å². The topological polar surface area (TPSA) is 50.4 Å². The van der Waals surface area contributed by atoms with Crippen LogP contribution in [0, 0.1) is 5.92 Å². The molecule has 0 saturated heterocycles. The number of carbonyl (C=O) groups is 1. The fourth-order valence-corrected chi connectivity index (χ4v) is 4.50. The number of rotatable bonds is 9. The van der Waals surface area contributed by atoms with Crippen molar-refractivity contribution in [1.82, 2.24) is 10.6 Å². The van der Waals surface area contributed by atoms with E-state index >= 15 is 0 Å². The smallest absolute Gasteiger partial charge is 0.306 e. The molecule has 0 spiro atoms. The van der Waals surface area contributed by atoms with Crippen LogP contribution in [0.15, 0.2) is 35.9 Å². The molecule has 2 aliphatic carbocycles. The lowest BCUT2D eigenvalue weighted by atomic mass is 9.91. The van der Waals surface area contributed by atoms with Gasteiger partial charge in [-0.05, 0) is 84.2 Å². The van der Waals surface area contributed by atoms with Crippen molar-refractivity contribution in [3.8, 4) is 0 Å². The fraction of sp³-hybridized carbons (Fsp3) is 0.654. The summed E-state index contributed by atoms with van der Waals surface area (Å²) in [6.07, 6.45) is 9.90. The number of ether oxygens (including phenoxy) is 1. The number of hydrogen-bond acceptors (Lipinski definition) is 4. The Bertz CT molecular complexity index is 699. The molecule has 0 aromatic heterocycles. The largest absolute Gasteiger partial charge is 0.460 e. The van der Waals surface area contributed by atoms with Crippen molar-refractivity contribution in [3.05, 3.63) is 41.5 Å². The monoisotopic (exact) mass is 412 g/mol. The first kappa shape index (κ1) is 23.0. The maximum Gasteiger partial charge on any atom is 0.306 e. The first-order valence-corrected chi connectivity index (χ1v) is 11.7. The van der Waals surface area contributed by atoms with Crippen molar-refractivity contribution in [2.75, 3.05) is 6.54 Å². The zero-order valence-electron chi connectivity index (χ0n) is 19.2. The molecule has 4 heteroatoms. The Morgan fingerprint density at radius 2 is 1.77 bits per heavy atom. The summed E-state index contributed by atoms with van der Waals surface area (Å²) in [5.74, 6) is 0.613. The molecule has 30 heavy (non-hydrogen) atoms. The fourth-order valence-electron chi connectivity index (χ4n) is 4.50. The third kappa shape index (κ3) is 7.88. The van der Waals surface area contributed by atoms with Crippen molar-refractivity contribution in [1.29, 1.82) is 0 Å². The number of hydrogen-bond donors (Lipinski definition) is 2. The minimum Gasteiger partial charge on any atom is -0.460 e. The Morgan fingerprint density at radius 3 is 2.43 bits per heavy atom. The molecular formula is C26H40N2O2. The zero-order chi connectivity index (χ0) is 21.6. The van der Waals surface area contributed by atoms with Crippen LogP contribution in [0.4, 0.5) is 0 Å². The molecule has 0 bridgehead atoms. The van der Waals surface area contributed by atoms with E-state index in [0.717, 1.165) is 13.0 Å². The molecule has 0 aliphatic heterocycles. The van der Waals surface area contributed by atoms with Gasteiger partial charge >= 0.3 is 5.97 Å². The van der Waals surface area contributed by atoms with E-state index in [1.807, 2.05) is 20.8 Å². The van der Waals surface area contributed by atoms with Gasteiger partial charge in [-0.2, -0.15) is 0 Å². The van der Waals surface area contributed by atoms with E-state index in [4.69, 9.17) is 4.74 Å². The predicted molar refractivity (Wildman–Crippen MR) is 124 cm³/mol. The van der Waals surface area contributed by atoms with E-state index in [0.29, 0.717) is 30.5 Å². The second kappa shape index (κ2) is 10.6. The van der Waals surface area contributed by atoms with Gasteiger partial charge in [-0.25, -0.2) is 0 Å². The lowest BCUT2D eigenvalue weighted by Gasteiger charge is -2.30. The predicted octanol–water partition coefficient (Wildman–Crippen LogP) is 5.09. The molecule has 2 fully saturated rings. The van der Waals surface area contributed by atoms with Gasteiger partial charge in [-0.3, -0.25) is 4.79 Å². The molecule has 1 aromatic rings. The lowest BCUT2D eigenvalue weighted by Crippen LogP contribution is -2.41. The molecule has 4 nitrogen and oxygen atoms in total. The maximum absolute atomic E-state index is 11.8. The zero-order valence-corrected chi connectivity index (χ0v) is 19.2. The van der Waals surface area contributed by atoms with Crippen LogP contribution in [0.5, 0.6) is 0 Å². The lowest BCUT2D eigenvalue weighted by molar-refractivity contribution is -0.154. The molecule has 1 aromatic carbocycles. The molecule has 3 rings (SSSR count). The van der Waals surface area contributed by atoms with Gasteiger partial charge in [0.05, 0.1) is 0 Å². The summed E-state index contributed by atoms with van der Waals surface area (Å²) in [6, 6.07) is 12.5. The van der Waals surface area contributed by atoms with Crippen LogP contribution in [0.2, 0.25) is 0 Å². The van der Waals surface area contributed by atoms with Gasteiger partial charge in [0.15, 0.2) is 0 Å². The second-order valence-electron chi connectivity index (χ2n) is 10.1. The van der Waals surface area contributed by atoms with Crippen LogP contribution in [-0.4, -0.2) is 36.2 Å². The maximum atomic E-state index is 11.8. The summed E-state index contributed by atoms with van der Waals surface area (Å²) in [7, 11) is 0. The quantitative estimate of drug-likeness (QED) is 0.438. The molecule has 0 amide bonds. The van der Waals surface area contributed by atoms with E-state index in [9.17, 15) is 4.79 Å². The van der Waals surface area contributed by atoms with Crippen LogP contribution in [-0.2, 0) is 9.53 Å². The van der Waals surface area contributed by atoms with Crippen LogP contribution >= 0.6 is 0 Å². The van der Waals surface area contributed by atoms with E-state index in [1.165, 1.54) is 43.2 Å². The first-order chi connectivity index (χ1) is 14.3. The van der Waals surface area contributed by atoms with Crippen LogP contribution in [0.25, 0.3) is 6.08 Å². The molecule has 0 radical (unpaired) electrons. The normalized spacial score (nSPS) is 27.0. The number of nitrogens with one attached hydrogen (secondary N) is 2. The molecule has 2 N–H and O–H groups in total. The van der Waals surface area contributed by atoms with E-state index in [2.05, 4.69) is 54.0 Å². The highest BCUT2D eigenvalue weighted by molar-refractivity contribution is 5.69. The van der Waals surface area contributed by atoms with E-state index in [-0.39, 0.29) is 11.6 Å². The van der Waals surface area contributed by atoms with Crippen LogP contribution in [0.3, 0.4) is 0 Å². The van der Waals surface area contributed by atoms with E-state index in [1.54, 1.807) is 0 Å². The SMILES string of the molecule is C/C(=C\c1ccccc1)[C@@H]1C[C@H]1NC1CCC(NCCCC(=O)OC(C)(C)C)CC1. The minimum absolute atomic E-state index is 0.0900. The second-order valence-corrected chi connectivity index (χ2v) is 10.1. The van der Waals surface area contributed by atoms with Crippen molar-refractivity contribution in [3.63, 3.8) is 0 Å². The van der Waals surface area contributed by atoms with Crippen LogP contribution < -0.4 is 10.6 Å². The standard InChI is InChI=1S/C26H40N2O2/c1-19(17-20-9-6-5-7-10-20)23-18-24(23)28-22-14-12-21(13-15-22)27-16-8-11-25(29)30-26(2,3)4/h5-7,9-10,17,21-24,27-28H,8,11-16,18H2,1-4H3/b19-17+/t21?,22?,23-,24+/m0/s1. The summed E-state index contributed by atoms with van der Waals surface area (Å²) < 4.78 is 5.37. The first-order valence-electron chi connectivity index (χ1n) is 11.7. The van der Waals surface area contributed by atoms with Gasteiger partial charge in [0.25, 0.3) is 0 Å². The highest BCUT2D eigenvalue weighted by Crippen LogP contribution is 2.39. The van der Waals surface area contributed by atoms with E-state index < -0.39 is 0 Å². The molecular weight excluding hydrogens is 372 g/mol. The van der Waals surface area contributed by atoms with Crippen molar-refractivity contribution >= 4 is 12.0 Å². The highest BCUT2D eigenvalue weighted by atomic mass is 16.6. The summed E-state index contributed by atoms with van der Waals surface area (Å²) in [5.41, 5.74) is 2.42. The van der Waals surface area contributed by atoms with Crippen LogP contribution in [0.1, 0.15) is 78.2 Å². The Labute approximate surface area is 182 Å². The van der Waals surface area contributed by atoms with Gasteiger partial charge in [-0.1, -0.05) is 42.0 Å². The molecule has 0 unspecified atom stereocenters. The Morgan fingerprint density at radius 1 is 1.10 bits per heavy atom. The summed E-state index contributed by atoms with van der Waals surface area (Å²) in [6.45, 7) is 8.93. The van der Waals surface area contributed by atoms with Gasteiger partial charge in [0, 0.05) is 24.5 Å². The minimum atomic E-state index is -0.383. The Balaban J connectivity index is 1.28. The van der Waals surface area contributed by atoms with Gasteiger partial charge < -0.3 is 15.4 Å². The van der Waals surface area contributed by atoms with Gasteiger partial charge in [0.2, 0.25) is 0 Å². The van der Waals surface area contributed by atoms with Crippen molar-refractivity contribution < 1.29 is 9.53 Å². The average Bonchev–Trinajstić information content (AvgIpc) is 3.45. The highest BCUT2D eigenvalue weighted by Gasteiger charge is 2.39. The summed E-state index contributed by atoms with van der Waals surface area (Å²) in [5, 5.41) is 7.54. The molecule has 2 aliphatic rings. The number of benzene rings is 1. The third-order valence-corrected chi connectivity index (χ3v) is 6.16. The number of carbonyl (C=O) groups excluding carboxylic acids is 1. The Hall–Kier alpha value is -1.65. The number of esters is 1. The van der Waals surface area contributed by atoms with Gasteiger partial charge in [0.1, 0.15) is 5.60 Å². The summed E-state index contributed by atoms with van der Waals surface area (Å²) in [4.78, 5) is 11.8. The average molecular weight is 413 g/mol. The van der Waals surface area contributed by atoms with Crippen molar-refractivity contribution in [2.24, 2.45) is 5.92 Å². The molecule has 2 saturated carbocycles.